The Labute approximate surface area is 146 Å². The molecule has 1 atom stereocenters. The van der Waals surface area contributed by atoms with Gasteiger partial charge in [-0.1, -0.05) is 29.8 Å². The zero-order valence-corrected chi connectivity index (χ0v) is 16.1. The molecule has 0 fully saturated rings. The first-order chi connectivity index (χ1) is 9.58. The van der Waals surface area contributed by atoms with Gasteiger partial charge in [-0.2, -0.15) is 0 Å². The molecule has 0 amide bonds. The van der Waals surface area contributed by atoms with E-state index in [1.54, 1.807) is 0 Å². The molecular weight excluding hydrogens is 375 g/mol. The van der Waals surface area contributed by atoms with Crippen molar-refractivity contribution in [3.63, 3.8) is 0 Å². The van der Waals surface area contributed by atoms with E-state index in [1.165, 1.54) is 11.1 Å². The van der Waals surface area contributed by atoms with Crippen LogP contribution in [-0.4, -0.2) is 44.6 Å². The molecule has 120 valence electrons. The van der Waals surface area contributed by atoms with Gasteiger partial charge in [0.25, 0.3) is 0 Å². The van der Waals surface area contributed by atoms with E-state index in [2.05, 4.69) is 79.7 Å². The summed E-state index contributed by atoms with van der Waals surface area (Å²) in [5.41, 5.74) is 2.59. The molecule has 0 saturated heterocycles. The summed E-state index contributed by atoms with van der Waals surface area (Å²) in [5, 5.41) is 6.52. The predicted octanol–water partition coefficient (Wildman–Crippen LogP) is 2.79. The highest BCUT2D eigenvalue weighted by molar-refractivity contribution is 14.0. The van der Waals surface area contributed by atoms with Crippen LogP contribution in [0.1, 0.15) is 31.0 Å². The Balaban J connectivity index is 0.00000400. The molecular formula is C16H29IN4. The third-order valence-electron chi connectivity index (χ3n) is 3.20. The number of nitrogens with zero attached hydrogens (tertiary/aromatic N) is 2. The molecule has 2 N–H and O–H groups in total. The smallest absolute Gasteiger partial charge is 0.191 e. The summed E-state index contributed by atoms with van der Waals surface area (Å²) in [7, 11) is 4.19. The maximum atomic E-state index is 4.68. The normalized spacial score (nSPS) is 11.5. The van der Waals surface area contributed by atoms with E-state index in [4.69, 9.17) is 0 Å². The summed E-state index contributed by atoms with van der Waals surface area (Å²) in [6, 6.07) is 8.99. The van der Waals surface area contributed by atoms with Gasteiger partial charge in [0.2, 0.25) is 0 Å². The topological polar surface area (TPSA) is 39.7 Å². The van der Waals surface area contributed by atoms with Crippen LogP contribution in [0.3, 0.4) is 0 Å². The van der Waals surface area contributed by atoms with Crippen molar-refractivity contribution in [1.82, 2.24) is 15.5 Å². The molecule has 1 aromatic carbocycles. The van der Waals surface area contributed by atoms with Crippen molar-refractivity contribution < 1.29 is 0 Å². The molecule has 0 aromatic heterocycles. The Bertz CT molecular complexity index is 407. The van der Waals surface area contributed by atoms with Crippen LogP contribution >= 0.6 is 24.0 Å². The first kappa shape index (κ1) is 20.2. The lowest BCUT2D eigenvalue weighted by atomic mass is 10.0. The van der Waals surface area contributed by atoms with E-state index in [-0.39, 0.29) is 24.0 Å². The van der Waals surface area contributed by atoms with Gasteiger partial charge in [0.1, 0.15) is 0 Å². The zero-order chi connectivity index (χ0) is 15.0. The van der Waals surface area contributed by atoms with Gasteiger partial charge >= 0.3 is 0 Å². The van der Waals surface area contributed by atoms with Crippen molar-refractivity contribution in [2.45, 2.75) is 26.8 Å². The Morgan fingerprint density at radius 1 is 1.10 bits per heavy atom. The molecule has 0 aliphatic heterocycles. The molecule has 1 rings (SSSR count). The molecule has 0 aliphatic carbocycles. The average Bonchev–Trinajstić information content (AvgIpc) is 2.41. The fraction of sp³-hybridized carbons (Fsp3) is 0.562. The molecule has 0 bridgehead atoms. The van der Waals surface area contributed by atoms with Crippen LogP contribution in [0.25, 0.3) is 0 Å². The minimum absolute atomic E-state index is 0. The van der Waals surface area contributed by atoms with Crippen LogP contribution in [0, 0.1) is 6.92 Å². The summed E-state index contributed by atoms with van der Waals surface area (Å²) in [6.07, 6.45) is 0. The second kappa shape index (κ2) is 10.8. The van der Waals surface area contributed by atoms with Gasteiger partial charge in [0, 0.05) is 13.1 Å². The van der Waals surface area contributed by atoms with Crippen molar-refractivity contribution in [2.24, 2.45) is 4.99 Å². The maximum absolute atomic E-state index is 4.68. The molecule has 4 nitrogen and oxygen atoms in total. The molecule has 5 heteroatoms. The minimum Gasteiger partial charge on any atom is -0.357 e. The van der Waals surface area contributed by atoms with Gasteiger partial charge in [0.05, 0.1) is 12.6 Å². The quantitative estimate of drug-likeness (QED) is 0.435. The molecule has 0 aliphatic rings. The molecule has 0 heterocycles. The number of halogens is 1. The third kappa shape index (κ3) is 7.13. The van der Waals surface area contributed by atoms with Crippen molar-refractivity contribution >= 4 is 29.9 Å². The van der Waals surface area contributed by atoms with Crippen LogP contribution in [0.4, 0.5) is 0 Å². The van der Waals surface area contributed by atoms with Crippen molar-refractivity contribution in [3.05, 3.63) is 35.4 Å². The van der Waals surface area contributed by atoms with E-state index in [0.29, 0.717) is 6.04 Å². The number of likely N-dealkylation sites (N-methyl/N-ethyl adjacent to an activating group) is 1. The SMILES string of the molecule is CCNC(=NCC(c1ccc(C)cc1)N(C)C)NCC.I. The lowest BCUT2D eigenvalue weighted by Crippen LogP contribution is -2.37. The zero-order valence-electron chi connectivity index (χ0n) is 13.8. The monoisotopic (exact) mass is 404 g/mol. The first-order valence-corrected chi connectivity index (χ1v) is 7.33. The highest BCUT2D eigenvalue weighted by Crippen LogP contribution is 2.19. The third-order valence-corrected chi connectivity index (χ3v) is 3.20. The van der Waals surface area contributed by atoms with Crippen LogP contribution in [0.5, 0.6) is 0 Å². The summed E-state index contributed by atoms with van der Waals surface area (Å²) >= 11 is 0. The first-order valence-electron chi connectivity index (χ1n) is 7.33. The minimum atomic E-state index is 0. The Kier molecular flexibility index (Phi) is 10.4. The number of hydrogen-bond donors (Lipinski definition) is 2. The Morgan fingerprint density at radius 2 is 1.62 bits per heavy atom. The van der Waals surface area contributed by atoms with Crippen LogP contribution in [0.2, 0.25) is 0 Å². The van der Waals surface area contributed by atoms with Gasteiger partial charge in [-0.15, -0.1) is 24.0 Å². The number of benzene rings is 1. The van der Waals surface area contributed by atoms with Crippen LogP contribution < -0.4 is 10.6 Å². The number of rotatable bonds is 6. The molecule has 0 radical (unpaired) electrons. The summed E-state index contributed by atoms with van der Waals surface area (Å²) in [5.74, 6) is 0.883. The molecule has 1 unspecified atom stereocenters. The van der Waals surface area contributed by atoms with E-state index < -0.39 is 0 Å². The second-order valence-electron chi connectivity index (χ2n) is 5.14. The summed E-state index contributed by atoms with van der Waals surface area (Å²) in [6.45, 7) is 8.77. The number of hydrogen-bond acceptors (Lipinski definition) is 2. The lowest BCUT2D eigenvalue weighted by Gasteiger charge is -2.24. The van der Waals surface area contributed by atoms with Gasteiger partial charge < -0.3 is 15.5 Å². The Morgan fingerprint density at radius 3 is 2.05 bits per heavy atom. The predicted molar refractivity (Wildman–Crippen MR) is 103 cm³/mol. The summed E-state index contributed by atoms with van der Waals surface area (Å²) < 4.78 is 0. The van der Waals surface area contributed by atoms with Crippen molar-refractivity contribution in [1.29, 1.82) is 0 Å². The fourth-order valence-corrected chi connectivity index (χ4v) is 2.04. The van der Waals surface area contributed by atoms with Crippen molar-refractivity contribution in [2.75, 3.05) is 33.7 Å². The number of aliphatic imine (C=N–C) groups is 1. The number of nitrogens with one attached hydrogen (secondary N) is 2. The highest BCUT2D eigenvalue weighted by Gasteiger charge is 2.13. The second-order valence-corrected chi connectivity index (χ2v) is 5.14. The number of aryl methyl sites for hydroxylation is 1. The van der Waals surface area contributed by atoms with E-state index in [0.717, 1.165) is 25.6 Å². The number of guanidine groups is 1. The van der Waals surface area contributed by atoms with Gasteiger partial charge in [0.15, 0.2) is 5.96 Å². The lowest BCUT2D eigenvalue weighted by molar-refractivity contribution is 0.306. The van der Waals surface area contributed by atoms with E-state index >= 15 is 0 Å². The molecule has 21 heavy (non-hydrogen) atoms. The maximum Gasteiger partial charge on any atom is 0.191 e. The average molecular weight is 404 g/mol. The molecule has 0 spiro atoms. The highest BCUT2D eigenvalue weighted by atomic mass is 127. The standard InChI is InChI=1S/C16H28N4.HI/c1-6-17-16(18-7-2)19-12-15(20(4)5)14-10-8-13(3)9-11-14;/h8-11,15H,6-7,12H2,1-5H3,(H2,17,18,19);1H. The van der Waals surface area contributed by atoms with E-state index in [1.807, 2.05) is 0 Å². The largest absolute Gasteiger partial charge is 0.357 e. The molecule has 0 saturated carbocycles. The van der Waals surface area contributed by atoms with Crippen LogP contribution in [0.15, 0.2) is 29.3 Å². The van der Waals surface area contributed by atoms with Crippen LogP contribution in [-0.2, 0) is 0 Å². The van der Waals surface area contributed by atoms with Gasteiger partial charge in [-0.3, -0.25) is 4.99 Å². The van der Waals surface area contributed by atoms with E-state index in [9.17, 15) is 0 Å². The molecule has 1 aromatic rings. The summed E-state index contributed by atoms with van der Waals surface area (Å²) in [4.78, 5) is 6.89. The van der Waals surface area contributed by atoms with Gasteiger partial charge in [-0.25, -0.2) is 0 Å². The van der Waals surface area contributed by atoms with Gasteiger partial charge in [-0.05, 0) is 40.4 Å². The fourth-order valence-electron chi connectivity index (χ4n) is 2.04. The Hall–Kier alpha value is -0.820. The van der Waals surface area contributed by atoms with Crippen molar-refractivity contribution in [3.8, 4) is 0 Å².